The predicted octanol–water partition coefficient (Wildman–Crippen LogP) is 3.12. The molecule has 162 valence electrons. The standard InChI is InChI=1S/C19H30N4O2.3ClH/c1-22(2)11-9-14-13-23(19(24)17(21)6-4-5-10-20)18-8-7-15(25-3)12-16(14)18;;;/h7-8,12-13,17H,4-6,9-11,20-21H2,1-3H3;3*1H. The number of ether oxygens (including phenoxy) is 1. The number of halogens is 3. The number of unbranched alkanes of at least 4 members (excludes halogenated alkanes) is 1. The van der Waals surface area contributed by atoms with Gasteiger partial charge in [0.15, 0.2) is 0 Å². The van der Waals surface area contributed by atoms with Crippen LogP contribution in [0.2, 0.25) is 0 Å². The number of nitrogens with two attached hydrogens (primary N) is 2. The van der Waals surface area contributed by atoms with Gasteiger partial charge < -0.3 is 21.1 Å². The number of fused-ring (bicyclic) bond motifs is 1. The summed E-state index contributed by atoms with van der Waals surface area (Å²) >= 11 is 0. The molecule has 0 bridgehead atoms. The third-order valence-electron chi connectivity index (χ3n) is 4.45. The van der Waals surface area contributed by atoms with Crippen molar-refractivity contribution in [1.82, 2.24) is 9.47 Å². The molecule has 1 heterocycles. The highest BCUT2D eigenvalue weighted by Gasteiger charge is 2.19. The molecular formula is C19H33Cl3N4O2. The number of rotatable bonds is 9. The lowest BCUT2D eigenvalue weighted by atomic mass is 10.1. The molecule has 1 unspecified atom stereocenters. The summed E-state index contributed by atoms with van der Waals surface area (Å²) < 4.78 is 7.05. The van der Waals surface area contributed by atoms with E-state index in [9.17, 15) is 4.79 Å². The number of nitrogens with zero attached hydrogens (tertiary/aromatic N) is 2. The normalized spacial score (nSPS) is 11.4. The van der Waals surface area contributed by atoms with Crippen molar-refractivity contribution in [1.29, 1.82) is 0 Å². The van der Waals surface area contributed by atoms with E-state index in [0.717, 1.165) is 48.0 Å². The first-order valence-corrected chi connectivity index (χ1v) is 8.80. The molecule has 0 fully saturated rings. The summed E-state index contributed by atoms with van der Waals surface area (Å²) in [6, 6.07) is 5.29. The van der Waals surface area contributed by atoms with E-state index in [0.29, 0.717) is 13.0 Å². The first-order valence-electron chi connectivity index (χ1n) is 8.80. The monoisotopic (exact) mass is 454 g/mol. The first-order chi connectivity index (χ1) is 12.0. The molecule has 0 spiro atoms. The fourth-order valence-electron chi connectivity index (χ4n) is 2.94. The van der Waals surface area contributed by atoms with Crippen LogP contribution in [0.3, 0.4) is 0 Å². The molecule has 6 nitrogen and oxygen atoms in total. The van der Waals surface area contributed by atoms with Gasteiger partial charge >= 0.3 is 0 Å². The summed E-state index contributed by atoms with van der Waals surface area (Å²) in [4.78, 5) is 15.0. The molecule has 0 aliphatic carbocycles. The number of hydrogen-bond donors (Lipinski definition) is 2. The number of benzene rings is 1. The lowest BCUT2D eigenvalue weighted by Crippen LogP contribution is -2.34. The van der Waals surface area contributed by atoms with Crippen LogP contribution >= 0.6 is 37.2 Å². The second kappa shape index (κ2) is 14.0. The van der Waals surface area contributed by atoms with Gasteiger partial charge in [-0.25, -0.2) is 0 Å². The van der Waals surface area contributed by atoms with Crippen molar-refractivity contribution in [3.8, 4) is 5.75 Å². The van der Waals surface area contributed by atoms with Crippen LogP contribution in [0.5, 0.6) is 5.75 Å². The lowest BCUT2D eigenvalue weighted by molar-refractivity contribution is 0.0879. The highest BCUT2D eigenvalue weighted by Crippen LogP contribution is 2.27. The number of likely N-dealkylation sites (N-methyl/N-ethyl adjacent to an activating group) is 1. The van der Waals surface area contributed by atoms with Crippen LogP contribution in [-0.4, -0.2) is 55.7 Å². The molecule has 0 amide bonds. The van der Waals surface area contributed by atoms with E-state index in [-0.39, 0.29) is 43.1 Å². The van der Waals surface area contributed by atoms with E-state index in [1.165, 1.54) is 0 Å². The van der Waals surface area contributed by atoms with E-state index >= 15 is 0 Å². The second-order valence-corrected chi connectivity index (χ2v) is 6.69. The van der Waals surface area contributed by atoms with E-state index in [1.54, 1.807) is 11.7 Å². The quantitative estimate of drug-likeness (QED) is 0.567. The van der Waals surface area contributed by atoms with Crippen LogP contribution in [0.25, 0.3) is 10.9 Å². The Morgan fingerprint density at radius 1 is 1.21 bits per heavy atom. The Morgan fingerprint density at radius 2 is 1.89 bits per heavy atom. The molecule has 1 atom stereocenters. The van der Waals surface area contributed by atoms with E-state index in [4.69, 9.17) is 16.2 Å². The van der Waals surface area contributed by atoms with Gasteiger partial charge in [-0.3, -0.25) is 9.36 Å². The van der Waals surface area contributed by atoms with E-state index in [1.807, 2.05) is 38.5 Å². The van der Waals surface area contributed by atoms with E-state index < -0.39 is 6.04 Å². The molecule has 2 aromatic rings. The molecule has 0 aliphatic rings. The van der Waals surface area contributed by atoms with Crippen LogP contribution in [0.15, 0.2) is 24.4 Å². The van der Waals surface area contributed by atoms with Crippen molar-refractivity contribution in [2.75, 3.05) is 34.3 Å². The number of aromatic nitrogens is 1. The fourth-order valence-corrected chi connectivity index (χ4v) is 2.94. The molecule has 0 saturated carbocycles. The number of carbonyl (C=O) groups is 1. The van der Waals surface area contributed by atoms with Crippen molar-refractivity contribution < 1.29 is 9.53 Å². The predicted molar refractivity (Wildman–Crippen MR) is 124 cm³/mol. The zero-order chi connectivity index (χ0) is 18.4. The molecule has 9 heteroatoms. The maximum Gasteiger partial charge on any atom is 0.247 e. The largest absolute Gasteiger partial charge is 0.497 e. The maximum atomic E-state index is 12.8. The average molecular weight is 456 g/mol. The van der Waals surface area contributed by atoms with Gasteiger partial charge in [-0.05, 0) is 63.7 Å². The van der Waals surface area contributed by atoms with Crippen molar-refractivity contribution in [2.24, 2.45) is 11.5 Å². The van der Waals surface area contributed by atoms with Crippen LogP contribution in [0.1, 0.15) is 29.6 Å². The summed E-state index contributed by atoms with van der Waals surface area (Å²) in [5, 5.41) is 1.05. The maximum absolute atomic E-state index is 12.8. The van der Waals surface area contributed by atoms with Gasteiger partial charge in [0.1, 0.15) is 5.75 Å². The van der Waals surface area contributed by atoms with Crippen LogP contribution < -0.4 is 16.2 Å². The zero-order valence-corrected chi connectivity index (χ0v) is 19.2. The highest BCUT2D eigenvalue weighted by atomic mass is 35.5. The number of carbonyl (C=O) groups excluding carboxylic acids is 1. The summed E-state index contributed by atoms with van der Waals surface area (Å²) in [7, 11) is 5.73. The van der Waals surface area contributed by atoms with E-state index in [2.05, 4.69) is 4.90 Å². The van der Waals surface area contributed by atoms with Crippen LogP contribution in [-0.2, 0) is 6.42 Å². The van der Waals surface area contributed by atoms with Gasteiger partial charge in [-0.15, -0.1) is 37.2 Å². The van der Waals surface area contributed by atoms with Crippen molar-refractivity contribution in [2.45, 2.75) is 31.7 Å². The van der Waals surface area contributed by atoms with Gasteiger partial charge in [0.05, 0.1) is 18.7 Å². The SMILES string of the molecule is COc1ccc2c(c1)c(CCN(C)C)cn2C(=O)C(N)CCCCN.Cl.Cl.Cl. The lowest BCUT2D eigenvalue weighted by Gasteiger charge is -2.12. The molecule has 2 rings (SSSR count). The van der Waals surface area contributed by atoms with Crippen molar-refractivity contribution in [3.63, 3.8) is 0 Å². The minimum atomic E-state index is -0.508. The van der Waals surface area contributed by atoms with Gasteiger partial charge in [-0.1, -0.05) is 6.42 Å². The average Bonchev–Trinajstić information content (AvgIpc) is 2.97. The van der Waals surface area contributed by atoms with Crippen molar-refractivity contribution in [3.05, 3.63) is 30.0 Å². The molecule has 0 saturated heterocycles. The molecule has 4 N–H and O–H groups in total. The minimum absolute atomic E-state index is 0. The molecule has 0 radical (unpaired) electrons. The van der Waals surface area contributed by atoms with Gasteiger partial charge in [0.25, 0.3) is 0 Å². The number of hydrogen-bond acceptors (Lipinski definition) is 5. The summed E-state index contributed by atoms with van der Waals surface area (Å²) in [5.41, 5.74) is 13.7. The summed E-state index contributed by atoms with van der Waals surface area (Å²) in [6.07, 6.45) is 5.19. The Kier molecular flexibility index (Phi) is 14.6. The topological polar surface area (TPSA) is 86.5 Å². The first kappa shape index (κ1) is 29.2. The highest BCUT2D eigenvalue weighted by molar-refractivity contribution is 5.97. The van der Waals surface area contributed by atoms with Crippen LogP contribution in [0, 0.1) is 0 Å². The Hall–Kier alpha value is -1.02. The third kappa shape index (κ3) is 7.43. The van der Waals surface area contributed by atoms with Crippen molar-refractivity contribution >= 4 is 54.0 Å². The fraction of sp³-hybridized carbons (Fsp3) is 0.526. The Bertz CT molecular complexity index is 723. The molecule has 0 aliphatic heterocycles. The Morgan fingerprint density at radius 3 is 2.46 bits per heavy atom. The van der Waals surface area contributed by atoms with Gasteiger partial charge in [0, 0.05) is 18.1 Å². The number of methoxy groups -OCH3 is 1. The Labute approximate surface area is 186 Å². The molecular weight excluding hydrogens is 423 g/mol. The zero-order valence-electron chi connectivity index (χ0n) is 16.7. The molecule has 28 heavy (non-hydrogen) atoms. The molecule has 1 aromatic carbocycles. The van der Waals surface area contributed by atoms with Crippen LogP contribution in [0.4, 0.5) is 0 Å². The van der Waals surface area contributed by atoms with Gasteiger partial charge in [-0.2, -0.15) is 0 Å². The van der Waals surface area contributed by atoms with Gasteiger partial charge in [0.2, 0.25) is 5.91 Å². The minimum Gasteiger partial charge on any atom is -0.497 e. The molecule has 1 aromatic heterocycles. The smallest absolute Gasteiger partial charge is 0.247 e. The second-order valence-electron chi connectivity index (χ2n) is 6.69. The summed E-state index contributed by atoms with van der Waals surface area (Å²) in [6.45, 7) is 1.54. The summed E-state index contributed by atoms with van der Waals surface area (Å²) in [5.74, 6) is 0.722. The third-order valence-corrected chi connectivity index (χ3v) is 4.45. The Balaban J connectivity index is 0.